The van der Waals surface area contributed by atoms with Crippen LogP contribution >= 0.6 is 0 Å². The second-order valence-corrected chi connectivity index (χ2v) is 2.75. The highest BCUT2D eigenvalue weighted by atomic mass is 16.3. The molecular formula is C10H14N2O. The predicted octanol–water partition coefficient (Wildman–Crippen LogP) is 1.17. The molecule has 70 valence electrons. The Morgan fingerprint density at radius 2 is 2.00 bits per heavy atom. The Hall–Kier alpha value is -1.64. The number of hydrogen-bond acceptors (Lipinski definition) is 3. The highest BCUT2D eigenvalue weighted by Crippen LogP contribution is 2.09. The molecule has 0 aliphatic carbocycles. The van der Waals surface area contributed by atoms with E-state index in [1.807, 2.05) is 19.2 Å². The molecule has 0 spiro atoms. The predicted molar refractivity (Wildman–Crippen MR) is 53.1 cm³/mol. The van der Waals surface area contributed by atoms with Gasteiger partial charge in [-0.25, -0.2) is 0 Å². The molecule has 0 radical (unpaired) electrons. The second kappa shape index (κ2) is 4.40. The van der Waals surface area contributed by atoms with E-state index in [0.717, 1.165) is 11.4 Å². The molecule has 0 atom stereocenters. The number of hydrogen-bond donors (Lipinski definition) is 3. The van der Waals surface area contributed by atoms with Gasteiger partial charge >= 0.3 is 0 Å². The summed E-state index contributed by atoms with van der Waals surface area (Å²) in [7, 11) is 1.81. The Kier molecular flexibility index (Phi) is 3.20. The first-order valence-electron chi connectivity index (χ1n) is 4.11. The monoisotopic (exact) mass is 178 g/mol. The summed E-state index contributed by atoms with van der Waals surface area (Å²) in [4.78, 5) is 0. The molecule has 0 aromatic heterocycles. The van der Waals surface area contributed by atoms with Gasteiger partial charge in [-0.1, -0.05) is 18.7 Å². The first-order valence-corrected chi connectivity index (χ1v) is 4.11. The van der Waals surface area contributed by atoms with E-state index in [-0.39, 0.29) is 5.75 Å². The number of phenols is 1. The van der Waals surface area contributed by atoms with Gasteiger partial charge in [-0.2, -0.15) is 0 Å². The van der Waals surface area contributed by atoms with Gasteiger partial charge < -0.3 is 15.7 Å². The average Bonchev–Trinajstić information content (AvgIpc) is 2.16. The van der Waals surface area contributed by atoms with Crippen molar-refractivity contribution in [3.8, 4) is 5.75 Å². The molecule has 3 heteroatoms. The summed E-state index contributed by atoms with van der Waals surface area (Å²) in [6, 6.07) is 7.06. The normalized spacial score (nSPS) is 9.31. The van der Waals surface area contributed by atoms with E-state index in [2.05, 4.69) is 17.2 Å². The molecule has 0 unspecified atom stereocenters. The smallest absolute Gasteiger partial charge is 0.115 e. The SMILES string of the molecule is C=C(NC)NCc1ccc(O)cc1. The number of aromatic hydroxyl groups is 1. The van der Waals surface area contributed by atoms with Crippen LogP contribution in [0.2, 0.25) is 0 Å². The molecule has 0 heterocycles. The first kappa shape index (κ1) is 9.45. The summed E-state index contributed by atoms with van der Waals surface area (Å²) in [6.45, 7) is 4.44. The Balaban J connectivity index is 2.46. The van der Waals surface area contributed by atoms with Crippen molar-refractivity contribution in [1.29, 1.82) is 0 Å². The van der Waals surface area contributed by atoms with Gasteiger partial charge in [0.15, 0.2) is 0 Å². The van der Waals surface area contributed by atoms with Gasteiger partial charge in [0, 0.05) is 13.6 Å². The molecule has 1 aromatic rings. The maximum atomic E-state index is 9.03. The summed E-state index contributed by atoms with van der Waals surface area (Å²) in [5.74, 6) is 1.07. The van der Waals surface area contributed by atoms with E-state index in [9.17, 15) is 0 Å². The van der Waals surface area contributed by atoms with Crippen LogP contribution < -0.4 is 10.6 Å². The molecule has 0 aliphatic heterocycles. The van der Waals surface area contributed by atoms with Crippen molar-refractivity contribution in [2.24, 2.45) is 0 Å². The maximum Gasteiger partial charge on any atom is 0.115 e. The van der Waals surface area contributed by atoms with Gasteiger partial charge in [-0.3, -0.25) is 0 Å². The van der Waals surface area contributed by atoms with E-state index >= 15 is 0 Å². The number of rotatable bonds is 4. The third-order valence-electron chi connectivity index (χ3n) is 1.74. The van der Waals surface area contributed by atoms with Crippen LogP contribution in [0.1, 0.15) is 5.56 Å². The van der Waals surface area contributed by atoms with Crippen molar-refractivity contribution in [1.82, 2.24) is 10.6 Å². The number of phenolic OH excluding ortho intramolecular Hbond substituents is 1. The fourth-order valence-electron chi connectivity index (χ4n) is 0.911. The molecule has 0 amide bonds. The standard InChI is InChI=1S/C10H14N2O/c1-8(11-2)12-7-9-3-5-10(13)6-4-9/h3-6,11-13H,1,7H2,2H3. The van der Waals surface area contributed by atoms with Gasteiger partial charge in [0.2, 0.25) is 0 Å². The lowest BCUT2D eigenvalue weighted by atomic mass is 10.2. The minimum Gasteiger partial charge on any atom is -0.508 e. The zero-order valence-corrected chi connectivity index (χ0v) is 7.67. The van der Waals surface area contributed by atoms with Crippen molar-refractivity contribution in [3.63, 3.8) is 0 Å². The van der Waals surface area contributed by atoms with E-state index in [1.54, 1.807) is 12.1 Å². The molecular weight excluding hydrogens is 164 g/mol. The minimum atomic E-state index is 0.288. The van der Waals surface area contributed by atoms with Crippen LogP contribution in [0.4, 0.5) is 0 Å². The van der Waals surface area contributed by atoms with Crippen LogP contribution in [0, 0.1) is 0 Å². The number of benzene rings is 1. The van der Waals surface area contributed by atoms with Gasteiger partial charge in [0.05, 0.1) is 5.82 Å². The lowest BCUT2D eigenvalue weighted by Crippen LogP contribution is -2.21. The Morgan fingerprint density at radius 1 is 1.38 bits per heavy atom. The molecule has 3 N–H and O–H groups in total. The molecule has 0 aliphatic rings. The van der Waals surface area contributed by atoms with Gasteiger partial charge in [-0.05, 0) is 17.7 Å². The average molecular weight is 178 g/mol. The van der Waals surface area contributed by atoms with Crippen molar-refractivity contribution in [2.75, 3.05) is 7.05 Å². The van der Waals surface area contributed by atoms with Gasteiger partial charge in [-0.15, -0.1) is 0 Å². The molecule has 0 saturated carbocycles. The molecule has 13 heavy (non-hydrogen) atoms. The summed E-state index contributed by atoms with van der Waals surface area (Å²) < 4.78 is 0. The fourth-order valence-corrected chi connectivity index (χ4v) is 0.911. The largest absolute Gasteiger partial charge is 0.508 e. The Labute approximate surface area is 78.1 Å². The van der Waals surface area contributed by atoms with Crippen LogP contribution in [0.3, 0.4) is 0 Å². The third-order valence-corrected chi connectivity index (χ3v) is 1.74. The molecule has 0 fully saturated rings. The van der Waals surface area contributed by atoms with E-state index in [1.165, 1.54) is 0 Å². The molecule has 0 saturated heterocycles. The van der Waals surface area contributed by atoms with E-state index in [4.69, 9.17) is 5.11 Å². The zero-order valence-electron chi connectivity index (χ0n) is 7.67. The third kappa shape index (κ3) is 3.07. The molecule has 1 rings (SSSR count). The van der Waals surface area contributed by atoms with Crippen LogP contribution in [-0.4, -0.2) is 12.2 Å². The number of nitrogens with one attached hydrogen (secondary N) is 2. The van der Waals surface area contributed by atoms with Crippen LogP contribution in [-0.2, 0) is 6.54 Å². The molecule has 1 aromatic carbocycles. The van der Waals surface area contributed by atoms with Crippen molar-refractivity contribution in [3.05, 3.63) is 42.2 Å². The summed E-state index contributed by atoms with van der Waals surface area (Å²) in [5.41, 5.74) is 1.11. The van der Waals surface area contributed by atoms with Crippen molar-refractivity contribution in [2.45, 2.75) is 6.54 Å². The van der Waals surface area contributed by atoms with Gasteiger partial charge in [0.25, 0.3) is 0 Å². The van der Waals surface area contributed by atoms with E-state index < -0.39 is 0 Å². The second-order valence-electron chi connectivity index (χ2n) is 2.75. The minimum absolute atomic E-state index is 0.288. The Bertz CT molecular complexity index is 279. The lowest BCUT2D eigenvalue weighted by molar-refractivity contribution is 0.475. The Morgan fingerprint density at radius 3 is 2.54 bits per heavy atom. The van der Waals surface area contributed by atoms with Crippen molar-refractivity contribution >= 4 is 0 Å². The quantitative estimate of drug-likeness (QED) is 0.648. The topological polar surface area (TPSA) is 44.3 Å². The summed E-state index contributed by atoms with van der Waals surface area (Å²) >= 11 is 0. The highest BCUT2D eigenvalue weighted by Gasteiger charge is 1.92. The first-order chi connectivity index (χ1) is 6.22. The highest BCUT2D eigenvalue weighted by molar-refractivity contribution is 5.25. The lowest BCUT2D eigenvalue weighted by Gasteiger charge is -2.08. The van der Waals surface area contributed by atoms with E-state index in [0.29, 0.717) is 6.54 Å². The van der Waals surface area contributed by atoms with Crippen LogP contribution in [0.5, 0.6) is 5.75 Å². The molecule has 0 bridgehead atoms. The van der Waals surface area contributed by atoms with Crippen LogP contribution in [0.25, 0.3) is 0 Å². The van der Waals surface area contributed by atoms with Crippen molar-refractivity contribution < 1.29 is 5.11 Å². The maximum absolute atomic E-state index is 9.03. The zero-order chi connectivity index (χ0) is 9.68. The van der Waals surface area contributed by atoms with Crippen LogP contribution in [0.15, 0.2) is 36.7 Å². The summed E-state index contributed by atoms with van der Waals surface area (Å²) in [6.07, 6.45) is 0. The summed E-state index contributed by atoms with van der Waals surface area (Å²) in [5, 5.41) is 15.0. The van der Waals surface area contributed by atoms with Gasteiger partial charge in [0.1, 0.15) is 5.75 Å². The molecule has 3 nitrogen and oxygen atoms in total. The fraction of sp³-hybridized carbons (Fsp3) is 0.200.